The molecule has 0 atom stereocenters. The summed E-state index contributed by atoms with van der Waals surface area (Å²) in [5.74, 6) is 2.26. The molecular weight excluding hydrogens is 242 g/mol. The van der Waals surface area contributed by atoms with Crippen LogP contribution in [0.2, 0.25) is 0 Å². The van der Waals surface area contributed by atoms with Gasteiger partial charge in [-0.25, -0.2) is 15.0 Å². The number of aromatic nitrogens is 3. The van der Waals surface area contributed by atoms with Gasteiger partial charge in [-0.05, 0) is 19.1 Å². The lowest BCUT2D eigenvalue weighted by Gasteiger charge is -2.07. The van der Waals surface area contributed by atoms with Crippen molar-refractivity contribution in [3.8, 4) is 0 Å². The minimum Gasteiger partial charge on any atom is -0.444 e. The molecule has 2 aromatic heterocycles. The fourth-order valence-electron chi connectivity index (χ4n) is 1.79. The quantitative estimate of drug-likeness (QED) is 0.745. The molecular formula is C13H13N5O. The summed E-state index contributed by atoms with van der Waals surface area (Å²) in [5, 5.41) is 3.08. The standard InChI is InChI=1S/C13H13N5O/c1-8-6-15-11(19-8)7-16-13-12(14)17-9-4-2-3-5-10(9)18-13/h2-6H,7H2,1H3,(H2,14,17)(H,16,18). The fourth-order valence-corrected chi connectivity index (χ4v) is 1.79. The van der Waals surface area contributed by atoms with E-state index in [-0.39, 0.29) is 0 Å². The molecule has 0 fully saturated rings. The molecule has 0 saturated carbocycles. The zero-order valence-electron chi connectivity index (χ0n) is 10.4. The van der Waals surface area contributed by atoms with Crippen LogP contribution in [0.15, 0.2) is 34.9 Å². The van der Waals surface area contributed by atoms with Gasteiger partial charge in [-0.3, -0.25) is 0 Å². The molecule has 0 radical (unpaired) electrons. The summed E-state index contributed by atoms with van der Waals surface area (Å²) in [7, 11) is 0. The van der Waals surface area contributed by atoms with Gasteiger partial charge in [0.2, 0.25) is 5.89 Å². The average molecular weight is 255 g/mol. The Morgan fingerprint density at radius 1 is 1.21 bits per heavy atom. The summed E-state index contributed by atoms with van der Waals surface area (Å²) in [6.07, 6.45) is 1.67. The van der Waals surface area contributed by atoms with Crippen LogP contribution in [-0.2, 0) is 6.54 Å². The lowest BCUT2D eigenvalue weighted by molar-refractivity contribution is 0.479. The minimum atomic E-state index is 0.363. The van der Waals surface area contributed by atoms with E-state index in [9.17, 15) is 0 Å². The zero-order valence-corrected chi connectivity index (χ0v) is 10.4. The number of benzene rings is 1. The van der Waals surface area contributed by atoms with Crippen molar-refractivity contribution in [2.75, 3.05) is 11.1 Å². The molecule has 96 valence electrons. The molecule has 3 aromatic rings. The molecule has 3 rings (SSSR count). The molecule has 0 amide bonds. The Kier molecular flexibility index (Phi) is 2.75. The van der Waals surface area contributed by atoms with Gasteiger partial charge in [0.1, 0.15) is 5.76 Å². The SMILES string of the molecule is Cc1cnc(CNc2nc3ccccc3nc2N)o1. The van der Waals surface area contributed by atoms with Gasteiger partial charge in [-0.1, -0.05) is 12.1 Å². The third-order valence-electron chi connectivity index (χ3n) is 2.67. The van der Waals surface area contributed by atoms with E-state index in [2.05, 4.69) is 20.3 Å². The van der Waals surface area contributed by atoms with E-state index in [1.54, 1.807) is 6.20 Å². The first-order valence-corrected chi connectivity index (χ1v) is 5.90. The van der Waals surface area contributed by atoms with Gasteiger partial charge in [0, 0.05) is 0 Å². The second kappa shape index (κ2) is 4.56. The zero-order chi connectivity index (χ0) is 13.2. The number of nitrogens with zero attached hydrogens (tertiary/aromatic N) is 3. The second-order valence-electron chi connectivity index (χ2n) is 4.16. The van der Waals surface area contributed by atoms with Crippen LogP contribution in [0.4, 0.5) is 11.6 Å². The van der Waals surface area contributed by atoms with Crippen molar-refractivity contribution in [1.29, 1.82) is 0 Å². The van der Waals surface area contributed by atoms with E-state index < -0.39 is 0 Å². The fraction of sp³-hybridized carbons (Fsp3) is 0.154. The highest BCUT2D eigenvalue weighted by Gasteiger charge is 2.07. The lowest BCUT2D eigenvalue weighted by atomic mass is 10.3. The first kappa shape index (κ1) is 11.5. The molecule has 0 aliphatic rings. The molecule has 3 N–H and O–H groups in total. The first-order chi connectivity index (χ1) is 9.22. The molecule has 0 bridgehead atoms. The third kappa shape index (κ3) is 2.33. The van der Waals surface area contributed by atoms with E-state index in [1.807, 2.05) is 31.2 Å². The molecule has 0 saturated heterocycles. The van der Waals surface area contributed by atoms with Crippen LogP contribution < -0.4 is 11.1 Å². The van der Waals surface area contributed by atoms with Crippen molar-refractivity contribution < 1.29 is 4.42 Å². The van der Waals surface area contributed by atoms with Crippen LogP contribution in [0.3, 0.4) is 0 Å². The number of nitrogen functional groups attached to an aromatic ring is 1. The van der Waals surface area contributed by atoms with Gasteiger partial charge in [0.25, 0.3) is 0 Å². The van der Waals surface area contributed by atoms with Crippen molar-refractivity contribution in [2.45, 2.75) is 13.5 Å². The Balaban J connectivity index is 1.86. The Morgan fingerprint density at radius 2 is 1.95 bits per heavy atom. The van der Waals surface area contributed by atoms with Gasteiger partial charge >= 0.3 is 0 Å². The second-order valence-corrected chi connectivity index (χ2v) is 4.16. The van der Waals surface area contributed by atoms with Crippen molar-refractivity contribution in [3.05, 3.63) is 42.1 Å². The first-order valence-electron chi connectivity index (χ1n) is 5.90. The number of fused-ring (bicyclic) bond motifs is 1. The van der Waals surface area contributed by atoms with Gasteiger partial charge in [0.15, 0.2) is 11.6 Å². The van der Waals surface area contributed by atoms with Gasteiger partial charge in [-0.15, -0.1) is 0 Å². The number of aryl methyl sites for hydroxylation is 1. The van der Waals surface area contributed by atoms with Crippen molar-refractivity contribution >= 4 is 22.7 Å². The maximum atomic E-state index is 5.87. The summed E-state index contributed by atoms with van der Waals surface area (Å²) in [6.45, 7) is 2.27. The third-order valence-corrected chi connectivity index (χ3v) is 2.67. The Hall–Kier alpha value is -2.63. The molecule has 0 spiro atoms. The van der Waals surface area contributed by atoms with E-state index in [1.165, 1.54) is 0 Å². The molecule has 1 aromatic carbocycles. The average Bonchev–Trinajstić information content (AvgIpc) is 2.82. The molecule has 0 aliphatic carbocycles. The lowest BCUT2D eigenvalue weighted by Crippen LogP contribution is -2.06. The molecule has 19 heavy (non-hydrogen) atoms. The number of nitrogens with two attached hydrogens (primary N) is 1. The van der Waals surface area contributed by atoms with Crippen LogP contribution >= 0.6 is 0 Å². The van der Waals surface area contributed by atoms with Crippen LogP contribution in [-0.4, -0.2) is 15.0 Å². The monoisotopic (exact) mass is 255 g/mol. The number of hydrogen-bond acceptors (Lipinski definition) is 6. The number of para-hydroxylation sites is 2. The number of oxazole rings is 1. The highest BCUT2D eigenvalue weighted by molar-refractivity contribution is 5.79. The molecule has 2 heterocycles. The Labute approximate surface area is 109 Å². The van der Waals surface area contributed by atoms with Crippen molar-refractivity contribution in [2.24, 2.45) is 0 Å². The predicted octanol–water partition coefficient (Wildman–Crippen LogP) is 2.12. The maximum Gasteiger partial charge on any atom is 0.213 e. The van der Waals surface area contributed by atoms with Crippen LogP contribution in [0.1, 0.15) is 11.7 Å². The van der Waals surface area contributed by atoms with Gasteiger partial charge in [0.05, 0.1) is 23.8 Å². The molecule has 6 heteroatoms. The summed E-state index contributed by atoms with van der Waals surface area (Å²) >= 11 is 0. The number of anilines is 2. The number of nitrogens with one attached hydrogen (secondary N) is 1. The smallest absolute Gasteiger partial charge is 0.213 e. The van der Waals surface area contributed by atoms with Gasteiger partial charge < -0.3 is 15.5 Å². The van der Waals surface area contributed by atoms with Crippen molar-refractivity contribution in [1.82, 2.24) is 15.0 Å². The summed E-state index contributed by atoms with van der Waals surface area (Å²) in [4.78, 5) is 12.8. The van der Waals surface area contributed by atoms with E-state index >= 15 is 0 Å². The van der Waals surface area contributed by atoms with Gasteiger partial charge in [-0.2, -0.15) is 0 Å². The highest BCUT2D eigenvalue weighted by atomic mass is 16.4. The van der Waals surface area contributed by atoms with Crippen LogP contribution in [0.5, 0.6) is 0 Å². The normalized spacial score (nSPS) is 10.8. The summed E-state index contributed by atoms with van der Waals surface area (Å²) < 4.78 is 5.37. The minimum absolute atomic E-state index is 0.363. The number of rotatable bonds is 3. The maximum absolute atomic E-state index is 5.87. The highest BCUT2D eigenvalue weighted by Crippen LogP contribution is 2.18. The number of hydrogen-bond donors (Lipinski definition) is 2. The van der Waals surface area contributed by atoms with Crippen LogP contribution in [0.25, 0.3) is 11.0 Å². The summed E-state index contributed by atoms with van der Waals surface area (Å²) in [5.41, 5.74) is 7.44. The Morgan fingerprint density at radius 3 is 2.63 bits per heavy atom. The largest absolute Gasteiger partial charge is 0.444 e. The molecule has 6 nitrogen and oxygen atoms in total. The topological polar surface area (TPSA) is 89.9 Å². The summed E-state index contributed by atoms with van der Waals surface area (Å²) in [6, 6.07) is 7.58. The van der Waals surface area contributed by atoms with E-state index in [0.717, 1.165) is 16.8 Å². The predicted molar refractivity (Wildman–Crippen MR) is 72.5 cm³/mol. The van der Waals surface area contributed by atoms with E-state index in [0.29, 0.717) is 24.1 Å². The van der Waals surface area contributed by atoms with Crippen molar-refractivity contribution in [3.63, 3.8) is 0 Å². The molecule has 0 aliphatic heterocycles. The Bertz CT molecular complexity index is 722. The van der Waals surface area contributed by atoms with Crippen LogP contribution in [0, 0.1) is 6.92 Å². The van der Waals surface area contributed by atoms with E-state index in [4.69, 9.17) is 10.2 Å². The molecule has 0 unspecified atom stereocenters.